The van der Waals surface area contributed by atoms with E-state index >= 15 is 0 Å². The monoisotopic (exact) mass is 403 g/mol. The molecule has 0 aliphatic carbocycles. The number of hydrogen-bond acceptors (Lipinski definition) is 7. The van der Waals surface area contributed by atoms with E-state index in [1.165, 1.54) is 10.9 Å². The molecule has 1 aromatic carbocycles. The van der Waals surface area contributed by atoms with Gasteiger partial charge in [0.25, 0.3) is 11.8 Å². The van der Waals surface area contributed by atoms with Gasteiger partial charge in [-0.1, -0.05) is 17.7 Å². The number of nitriles is 1. The normalized spacial score (nSPS) is 15.9. The van der Waals surface area contributed by atoms with Crippen molar-refractivity contribution in [2.45, 2.75) is 26.5 Å². The van der Waals surface area contributed by atoms with Crippen LogP contribution in [0.5, 0.6) is 5.88 Å². The minimum Gasteiger partial charge on any atom is -0.467 e. The molecule has 152 valence electrons. The highest BCUT2D eigenvalue weighted by atomic mass is 16.5. The van der Waals surface area contributed by atoms with E-state index in [9.17, 15) is 10.1 Å². The van der Waals surface area contributed by atoms with Crippen LogP contribution in [0.25, 0.3) is 11.3 Å². The number of carbonyl (C=O) groups is 1. The highest BCUT2D eigenvalue weighted by Crippen LogP contribution is 2.33. The van der Waals surface area contributed by atoms with E-state index in [1.807, 2.05) is 26.0 Å². The summed E-state index contributed by atoms with van der Waals surface area (Å²) in [5.74, 6) is 0.107. The number of amides is 1. The van der Waals surface area contributed by atoms with Crippen LogP contribution < -0.4 is 10.5 Å². The lowest BCUT2D eigenvalue weighted by atomic mass is 9.99. The molecule has 30 heavy (non-hydrogen) atoms. The van der Waals surface area contributed by atoms with Crippen LogP contribution in [0.2, 0.25) is 0 Å². The standard InChI is InChI=1S/C21H21N7O2/c1-11-5-6-13-14(7-11)12(2)30-20-19(23)24-9-15(25-20)18-16(10-27(3)21(13)29)26-28(4)17(18)8-22/h5-7,9,12H,10H2,1-4H3,(H2,23,24)/t12-/m1/s1. The maximum absolute atomic E-state index is 13.3. The highest BCUT2D eigenvalue weighted by Gasteiger charge is 2.27. The molecular weight excluding hydrogens is 382 g/mol. The van der Waals surface area contributed by atoms with Crippen LogP contribution in [-0.4, -0.2) is 37.6 Å². The zero-order valence-corrected chi connectivity index (χ0v) is 17.2. The van der Waals surface area contributed by atoms with E-state index < -0.39 is 6.10 Å². The third kappa shape index (κ3) is 3.12. The molecular formula is C21H21N7O2. The lowest BCUT2D eigenvalue weighted by Crippen LogP contribution is -2.28. The van der Waals surface area contributed by atoms with Crippen LogP contribution in [0.1, 0.15) is 45.9 Å². The van der Waals surface area contributed by atoms with E-state index in [4.69, 9.17) is 10.5 Å². The number of aromatic nitrogens is 4. The Bertz CT molecular complexity index is 1210. The number of nitrogens with zero attached hydrogens (tertiary/aromatic N) is 6. The molecule has 0 fully saturated rings. The van der Waals surface area contributed by atoms with Gasteiger partial charge in [0.05, 0.1) is 29.7 Å². The third-order valence-corrected chi connectivity index (χ3v) is 5.15. The maximum atomic E-state index is 13.3. The molecule has 2 aromatic heterocycles. The van der Waals surface area contributed by atoms with Crippen molar-refractivity contribution in [1.29, 1.82) is 5.26 Å². The second kappa shape index (κ2) is 7.15. The van der Waals surface area contributed by atoms with Crippen LogP contribution >= 0.6 is 0 Å². The first-order valence-electron chi connectivity index (χ1n) is 9.41. The van der Waals surface area contributed by atoms with Crippen LogP contribution in [0, 0.1) is 18.3 Å². The summed E-state index contributed by atoms with van der Waals surface area (Å²) in [5.41, 5.74) is 10.1. The van der Waals surface area contributed by atoms with Crippen molar-refractivity contribution in [3.63, 3.8) is 0 Å². The molecule has 0 spiro atoms. The molecule has 0 unspecified atom stereocenters. The van der Waals surface area contributed by atoms with Crippen molar-refractivity contribution in [3.8, 4) is 23.2 Å². The van der Waals surface area contributed by atoms with Crippen LogP contribution in [0.15, 0.2) is 24.4 Å². The van der Waals surface area contributed by atoms with E-state index in [-0.39, 0.29) is 24.1 Å². The Morgan fingerprint density at radius 1 is 1.33 bits per heavy atom. The first kappa shape index (κ1) is 19.4. The molecule has 1 aliphatic rings. The minimum atomic E-state index is -0.493. The Morgan fingerprint density at radius 2 is 2.10 bits per heavy atom. The Morgan fingerprint density at radius 3 is 2.83 bits per heavy atom. The van der Waals surface area contributed by atoms with Gasteiger partial charge in [0, 0.05) is 25.2 Å². The second-order valence-corrected chi connectivity index (χ2v) is 7.36. The smallest absolute Gasteiger partial charge is 0.258 e. The van der Waals surface area contributed by atoms with Crippen molar-refractivity contribution in [3.05, 3.63) is 52.5 Å². The second-order valence-electron chi connectivity index (χ2n) is 7.36. The summed E-state index contributed by atoms with van der Waals surface area (Å²) >= 11 is 0. The van der Waals surface area contributed by atoms with Gasteiger partial charge in [-0.05, 0) is 19.9 Å². The zero-order valence-electron chi connectivity index (χ0n) is 17.2. The highest BCUT2D eigenvalue weighted by molar-refractivity contribution is 5.96. The van der Waals surface area contributed by atoms with Crippen molar-refractivity contribution in [2.75, 3.05) is 12.8 Å². The molecule has 9 nitrogen and oxygen atoms in total. The summed E-state index contributed by atoms with van der Waals surface area (Å²) < 4.78 is 7.51. The summed E-state index contributed by atoms with van der Waals surface area (Å²) in [6.07, 6.45) is 0.993. The van der Waals surface area contributed by atoms with E-state index in [0.717, 1.165) is 11.1 Å². The molecule has 0 saturated carbocycles. The van der Waals surface area contributed by atoms with E-state index in [2.05, 4.69) is 21.1 Å². The average molecular weight is 403 g/mol. The number of benzene rings is 1. The van der Waals surface area contributed by atoms with Crippen molar-refractivity contribution in [2.24, 2.45) is 7.05 Å². The summed E-state index contributed by atoms with van der Waals surface area (Å²) in [6, 6.07) is 7.75. The number of carbonyl (C=O) groups excluding carboxylic acids is 1. The summed E-state index contributed by atoms with van der Waals surface area (Å²) in [6.45, 7) is 3.99. The Labute approximate surface area is 173 Å². The predicted molar refractivity (Wildman–Crippen MR) is 109 cm³/mol. The number of nitrogens with two attached hydrogens (primary N) is 1. The van der Waals surface area contributed by atoms with Gasteiger partial charge in [-0.2, -0.15) is 10.4 Å². The number of hydrogen-bond donors (Lipinski definition) is 1. The number of rotatable bonds is 0. The first-order chi connectivity index (χ1) is 14.3. The molecule has 0 saturated heterocycles. The van der Waals surface area contributed by atoms with E-state index in [0.29, 0.717) is 28.2 Å². The molecule has 9 heteroatoms. The van der Waals surface area contributed by atoms with Gasteiger partial charge in [0.1, 0.15) is 17.9 Å². The quantitative estimate of drug-likeness (QED) is 0.611. The number of ether oxygens (including phenoxy) is 1. The van der Waals surface area contributed by atoms with Gasteiger partial charge in [-0.3, -0.25) is 9.48 Å². The molecule has 2 bridgehead atoms. The van der Waals surface area contributed by atoms with Gasteiger partial charge in [0.15, 0.2) is 5.82 Å². The van der Waals surface area contributed by atoms with Gasteiger partial charge in [0.2, 0.25) is 0 Å². The van der Waals surface area contributed by atoms with Crippen LogP contribution in [0.3, 0.4) is 0 Å². The molecule has 1 aliphatic heterocycles. The maximum Gasteiger partial charge on any atom is 0.258 e. The fourth-order valence-electron chi connectivity index (χ4n) is 3.62. The molecule has 4 rings (SSSR count). The van der Waals surface area contributed by atoms with Crippen molar-refractivity contribution in [1.82, 2.24) is 24.6 Å². The number of anilines is 1. The summed E-state index contributed by atoms with van der Waals surface area (Å²) in [5, 5.41) is 14.1. The SMILES string of the molecule is Cc1ccc2c(c1)[C@@H](C)Oc1nc(cnc1N)-c1c(nn(C)c1C#N)CN(C)C2=O. The van der Waals surface area contributed by atoms with Gasteiger partial charge < -0.3 is 15.4 Å². The average Bonchev–Trinajstić information content (AvgIpc) is 3.03. The molecule has 3 heterocycles. The Kier molecular flexibility index (Phi) is 4.62. The first-order valence-corrected chi connectivity index (χ1v) is 9.41. The van der Waals surface area contributed by atoms with Crippen LogP contribution in [0.4, 0.5) is 5.82 Å². The Balaban J connectivity index is 1.98. The van der Waals surface area contributed by atoms with Crippen molar-refractivity contribution < 1.29 is 9.53 Å². The number of aryl methyl sites for hydroxylation is 2. The summed E-state index contributed by atoms with van der Waals surface area (Å²) in [4.78, 5) is 23.6. The predicted octanol–water partition coefficient (Wildman–Crippen LogP) is 2.37. The molecule has 0 radical (unpaired) electrons. The van der Waals surface area contributed by atoms with Gasteiger partial charge in [-0.15, -0.1) is 0 Å². The number of nitrogen functional groups attached to an aromatic ring is 1. The van der Waals surface area contributed by atoms with Gasteiger partial charge in [-0.25, -0.2) is 9.97 Å². The van der Waals surface area contributed by atoms with E-state index in [1.54, 1.807) is 25.1 Å². The molecule has 3 aromatic rings. The molecule has 1 amide bonds. The largest absolute Gasteiger partial charge is 0.467 e. The lowest BCUT2D eigenvalue weighted by molar-refractivity contribution is 0.0778. The number of fused-ring (bicyclic) bond motifs is 5. The minimum absolute atomic E-state index is 0.129. The lowest BCUT2D eigenvalue weighted by Gasteiger charge is -2.23. The Hall–Kier alpha value is -3.93. The summed E-state index contributed by atoms with van der Waals surface area (Å²) in [7, 11) is 3.38. The fraction of sp³-hybridized carbons (Fsp3) is 0.286. The van der Waals surface area contributed by atoms with Crippen LogP contribution in [-0.2, 0) is 13.6 Å². The fourth-order valence-corrected chi connectivity index (χ4v) is 3.62. The zero-order chi connectivity index (χ0) is 21.6. The topological polar surface area (TPSA) is 123 Å². The third-order valence-electron chi connectivity index (χ3n) is 5.15. The van der Waals surface area contributed by atoms with Gasteiger partial charge >= 0.3 is 0 Å². The molecule has 1 atom stereocenters. The molecule has 2 N–H and O–H groups in total. The van der Waals surface area contributed by atoms with Crippen molar-refractivity contribution >= 4 is 11.7 Å².